The van der Waals surface area contributed by atoms with Gasteiger partial charge in [-0.25, -0.2) is 0 Å². The van der Waals surface area contributed by atoms with Crippen LogP contribution >= 0.6 is 0 Å². The molecule has 466 valence electrons. The molecular formula is C92H66N4O2. The maximum Gasteiger partial charge on any atom is 0.143 e. The molecule has 0 radical (unpaired) electrons. The Hall–Kier alpha value is -12.6. The van der Waals surface area contributed by atoms with Crippen LogP contribution in [0.25, 0.3) is 98.1 Å². The lowest BCUT2D eigenvalue weighted by Crippen LogP contribution is -2.11. The standard InChI is InChI=1S/C92H66N4O2/c1-59-40-46-67(47-41-59)93(65-25-7-5-8-26-65)85-57-87-89(77-36-15-11-32-73(77)85)81-55-83(75-34-13-17-38-79(75)91(81)97-87)94(68-48-42-60(2)43-49-68)69-50-44-63(45-51-69)64-24-21-31-72(54-64)96(71-30-20-23-62(4)53-71)86-58-88-90(78-37-16-12-33-74(78)86)82-56-84(76-35-14-18-39-80(76)92(82)98-88)95(66-27-9-6-10-28-66)70-29-19-22-61(3)52-70/h5-58H,1-4H3. The lowest BCUT2D eigenvalue weighted by atomic mass is 9.97. The smallest absolute Gasteiger partial charge is 0.143 e. The van der Waals surface area contributed by atoms with Gasteiger partial charge in [-0.1, -0.05) is 217 Å². The topological polar surface area (TPSA) is 39.2 Å². The molecule has 0 saturated heterocycles. The zero-order valence-corrected chi connectivity index (χ0v) is 54.8. The molecule has 0 unspecified atom stereocenters. The summed E-state index contributed by atoms with van der Waals surface area (Å²) in [6.45, 7) is 8.61. The van der Waals surface area contributed by atoms with E-state index in [1.165, 1.54) is 22.3 Å². The summed E-state index contributed by atoms with van der Waals surface area (Å²) in [4.78, 5) is 9.56. The molecule has 0 atom stereocenters. The minimum Gasteiger partial charge on any atom is -0.455 e. The maximum absolute atomic E-state index is 7.28. The molecular weight excluding hydrogens is 1190 g/mol. The average molecular weight is 1260 g/mol. The third-order valence-electron chi connectivity index (χ3n) is 19.5. The summed E-state index contributed by atoms with van der Waals surface area (Å²) in [7, 11) is 0. The van der Waals surface area contributed by atoms with E-state index in [0.717, 1.165) is 166 Å². The van der Waals surface area contributed by atoms with Crippen LogP contribution < -0.4 is 19.6 Å². The molecule has 0 amide bonds. The summed E-state index contributed by atoms with van der Waals surface area (Å²) in [5.74, 6) is 0. The van der Waals surface area contributed by atoms with Crippen LogP contribution in [0.15, 0.2) is 336 Å². The van der Waals surface area contributed by atoms with Crippen LogP contribution in [-0.4, -0.2) is 0 Å². The Morgan fingerprint density at radius 2 is 0.500 bits per heavy atom. The van der Waals surface area contributed by atoms with Crippen molar-refractivity contribution in [1.82, 2.24) is 0 Å². The van der Waals surface area contributed by atoms with Crippen LogP contribution in [0, 0.1) is 27.7 Å². The van der Waals surface area contributed by atoms with Gasteiger partial charge < -0.3 is 28.4 Å². The van der Waals surface area contributed by atoms with Crippen molar-refractivity contribution in [2.24, 2.45) is 0 Å². The van der Waals surface area contributed by atoms with Gasteiger partial charge in [0.15, 0.2) is 0 Å². The van der Waals surface area contributed by atoms with Crippen LogP contribution in [0.3, 0.4) is 0 Å². The molecule has 0 saturated carbocycles. The third kappa shape index (κ3) is 9.87. The monoisotopic (exact) mass is 1260 g/mol. The number of hydrogen-bond acceptors (Lipinski definition) is 6. The first kappa shape index (κ1) is 58.0. The summed E-state index contributed by atoms with van der Waals surface area (Å²) in [6, 6.07) is 119. The van der Waals surface area contributed by atoms with Gasteiger partial charge in [-0.05, 0) is 170 Å². The van der Waals surface area contributed by atoms with Gasteiger partial charge in [-0.3, -0.25) is 0 Å². The van der Waals surface area contributed by atoms with Crippen molar-refractivity contribution in [2.45, 2.75) is 27.7 Å². The maximum atomic E-state index is 7.28. The summed E-state index contributed by atoms with van der Waals surface area (Å²) >= 11 is 0. The second kappa shape index (κ2) is 23.7. The van der Waals surface area contributed by atoms with Gasteiger partial charge in [0.2, 0.25) is 0 Å². The quantitative estimate of drug-likeness (QED) is 0.115. The highest BCUT2D eigenvalue weighted by Crippen LogP contribution is 2.52. The summed E-state index contributed by atoms with van der Waals surface area (Å²) in [6.07, 6.45) is 0. The van der Waals surface area contributed by atoms with Crippen LogP contribution in [0.1, 0.15) is 22.3 Å². The summed E-state index contributed by atoms with van der Waals surface area (Å²) < 4.78 is 14.5. The number of hydrogen-bond donors (Lipinski definition) is 0. The van der Waals surface area contributed by atoms with E-state index >= 15 is 0 Å². The van der Waals surface area contributed by atoms with Gasteiger partial charge in [0.05, 0.1) is 22.7 Å². The molecule has 0 fully saturated rings. The van der Waals surface area contributed by atoms with E-state index in [1.54, 1.807) is 0 Å². The fraction of sp³-hybridized carbons (Fsp3) is 0.0435. The van der Waals surface area contributed by atoms with Gasteiger partial charge in [-0.15, -0.1) is 0 Å². The van der Waals surface area contributed by atoms with Gasteiger partial charge in [0.1, 0.15) is 22.3 Å². The molecule has 2 heterocycles. The van der Waals surface area contributed by atoms with Gasteiger partial charge in [0.25, 0.3) is 0 Å². The molecule has 18 rings (SSSR count). The number of para-hydroxylation sites is 2. The van der Waals surface area contributed by atoms with Crippen molar-refractivity contribution in [2.75, 3.05) is 19.6 Å². The van der Waals surface area contributed by atoms with E-state index in [9.17, 15) is 0 Å². The van der Waals surface area contributed by atoms with Crippen molar-refractivity contribution in [1.29, 1.82) is 0 Å². The second-order valence-electron chi connectivity index (χ2n) is 25.9. The van der Waals surface area contributed by atoms with E-state index in [0.29, 0.717) is 0 Å². The molecule has 6 nitrogen and oxygen atoms in total. The highest BCUT2D eigenvalue weighted by molar-refractivity contribution is 6.29. The van der Waals surface area contributed by atoms with E-state index in [-0.39, 0.29) is 0 Å². The van der Waals surface area contributed by atoms with Gasteiger partial charge >= 0.3 is 0 Å². The molecule has 0 N–H and O–H groups in total. The zero-order valence-electron chi connectivity index (χ0n) is 54.8. The van der Waals surface area contributed by atoms with Crippen LogP contribution in [0.5, 0.6) is 0 Å². The fourth-order valence-electron chi connectivity index (χ4n) is 15.0. The predicted molar refractivity (Wildman–Crippen MR) is 414 cm³/mol. The first-order chi connectivity index (χ1) is 48.2. The van der Waals surface area contributed by atoms with E-state index in [1.807, 2.05) is 0 Å². The first-order valence-electron chi connectivity index (χ1n) is 33.6. The molecule has 0 aliphatic rings. The van der Waals surface area contributed by atoms with E-state index in [2.05, 4.69) is 375 Å². The number of furan rings is 2. The molecule has 0 aliphatic carbocycles. The Morgan fingerprint density at radius 1 is 0.194 bits per heavy atom. The molecule has 16 aromatic carbocycles. The highest BCUT2D eigenvalue weighted by Gasteiger charge is 2.28. The first-order valence-corrected chi connectivity index (χ1v) is 33.6. The second-order valence-corrected chi connectivity index (χ2v) is 25.9. The molecule has 0 bridgehead atoms. The molecule has 0 aliphatic heterocycles. The molecule has 2 aromatic heterocycles. The minimum absolute atomic E-state index is 0.819. The van der Waals surface area contributed by atoms with Crippen LogP contribution in [0.2, 0.25) is 0 Å². The number of nitrogens with zero attached hydrogens (tertiary/aromatic N) is 4. The van der Waals surface area contributed by atoms with Crippen molar-refractivity contribution < 1.29 is 8.83 Å². The zero-order chi connectivity index (χ0) is 65.5. The van der Waals surface area contributed by atoms with Gasteiger partial charge in [0, 0.05) is 111 Å². The predicted octanol–water partition coefficient (Wildman–Crippen LogP) is 26.9. The molecule has 98 heavy (non-hydrogen) atoms. The number of anilines is 12. The van der Waals surface area contributed by atoms with E-state index in [4.69, 9.17) is 8.83 Å². The Balaban J connectivity index is 0.772. The molecule has 0 spiro atoms. The number of benzene rings is 16. The van der Waals surface area contributed by atoms with Crippen molar-refractivity contribution in [3.63, 3.8) is 0 Å². The van der Waals surface area contributed by atoms with Crippen LogP contribution in [-0.2, 0) is 0 Å². The average Bonchev–Trinajstić information content (AvgIpc) is 1.53. The fourth-order valence-corrected chi connectivity index (χ4v) is 15.0. The summed E-state index contributed by atoms with van der Waals surface area (Å²) in [5.41, 5.74) is 23.0. The molecule has 18 aromatic rings. The van der Waals surface area contributed by atoms with Gasteiger partial charge in [-0.2, -0.15) is 0 Å². The Labute approximate surface area is 568 Å². The molecule has 6 heteroatoms. The number of aryl methyl sites for hydroxylation is 4. The number of fused-ring (bicyclic) bond motifs is 14. The summed E-state index contributed by atoms with van der Waals surface area (Å²) in [5, 5.41) is 13.1. The van der Waals surface area contributed by atoms with Crippen molar-refractivity contribution in [3.8, 4) is 11.1 Å². The Morgan fingerprint density at radius 3 is 0.918 bits per heavy atom. The lowest BCUT2D eigenvalue weighted by molar-refractivity contribution is 0.672. The lowest BCUT2D eigenvalue weighted by Gasteiger charge is -2.28. The Kier molecular flexibility index (Phi) is 14.0. The Bertz CT molecular complexity index is 6120. The van der Waals surface area contributed by atoms with Crippen LogP contribution in [0.4, 0.5) is 68.2 Å². The number of rotatable bonds is 13. The normalized spacial score (nSPS) is 11.7. The van der Waals surface area contributed by atoms with Crippen molar-refractivity contribution >= 4 is 155 Å². The van der Waals surface area contributed by atoms with E-state index < -0.39 is 0 Å². The SMILES string of the molecule is Cc1ccc(N(c2ccc(-c3cccc(N(c4cccc(C)c4)c4cc5oc6c7ccccc7c(N(c7ccccc7)c7cccc(C)c7)cc6c5c5ccccc45)c3)cc2)c2cc3c(oc4cc(N(c5ccccc5)c5ccc(C)cc5)c5ccccc5c43)c3ccccc23)cc1. The third-order valence-corrected chi connectivity index (χ3v) is 19.5. The largest absolute Gasteiger partial charge is 0.455 e. The minimum atomic E-state index is 0.819. The van der Waals surface area contributed by atoms with Crippen molar-refractivity contribution in [3.05, 3.63) is 350 Å². The highest BCUT2D eigenvalue weighted by atomic mass is 16.3.